The van der Waals surface area contributed by atoms with Gasteiger partial charge in [0.15, 0.2) is 0 Å². The number of hydrogen-bond donors (Lipinski definition) is 0. The highest BCUT2D eigenvalue weighted by Gasteiger charge is 2.29. The molecule has 0 unspecified atom stereocenters. The summed E-state index contributed by atoms with van der Waals surface area (Å²) in [7, 11) is 0. The minimum atomic E-state index is -0.437. The van der Waals surface area contributed by atoms with Crippen LogP contribution in [0.5, 0.6) is 51.7 Å². The van der Waals surface area contributed by atoms with Gasteiger partial charge in [0, 0.05) is 35.1 Å². The Bertz CT molecular complexity index is 4070. The summed E-state index contributed by atoms with van der Waals surface area (Å²) in [5, 5.41) is 3.48. The first kappa shape index (κ1) is 68.4. The number of aromatic nitrogens is 2. The zero-order chi connectivity index (χ0) is 66.7. The molecule has 0 N–H and O–H groups in total. The second kappa shape index (κ2) is 35.7. The lowest BCUT2D eigenvalue weighted by Gasteiger charge is -2.27. The number of unbranched alkanes of at least 4 members (excludes halogenated alkanes) is 7. The smallest absolute Gasteiger partial charge is 0.330 e. The Morgan fingerprint density at radius 3 is 1.25 bits per heavy atom. The van der Waals surface area contributed by atoms with Gasteiger partial charge in [-0.15, -0.1) is 0 Å². The van der Waals surface area contributed by atoms with Crippen molar-refractivity contribution < 1.29 is 71.3 Å². The highest BCUT2D eigenvalue weighted by atomic mass is 16.5. The Morgan fingerprint density at radius 1 is 0.365 bits per heavy atom. The van der Waals surface area contributed by atoms with Crippen LogP contribution in [0.1, 0.15) is 101 Å². The molecule has 96 heavy (non-hydrogen) atoms. The molecule has 9 aromatic rings. The lowest BCUT2D eigenvalue weighted by atomic mass is 9.82. The van der Waals surface area contributed by atoms with Gasteiger partial charge in [-0.2, -0.15) is 0 Å². The highest BCUT2D eigenvalue weighted by molar-refractivity contribution is 6.24. The third kappa shape index (κ3) is 20.5. The Kier molecular flexibility index (Phi) is 25.5. The minimum absolute atomic E-state index is 0.251. The first-order chi connectivity index (χ1) is 47.1. The fraction of sp³-hybridized carbons (Fsp3) is 0.316. The van der Waals surface area contributed by atoms with Crippen molar-refractivity contribution in [2.24, 2.45) is 11.8 Å². The Hall–Kier alpha value is -10.4. The summed E-state index contributed by atoms with van der Waals surface area (Å²) in [5.74, 6) is 4.61. The van der Waals surface area contributed by atoms with Crippen LogP contribution in [0.25, 0.3) is 43.6 Å². The van der Waals surface area contributed by atoms with Gasteiger partial charge >= 0.3 is 23.9 Å². The molecule has 498 valence electrons. The van der Waals surface area contributed by atoms with Gasteiger partial charge in [0.25, 0.3) is 0 Å². The first-order valence-electron chi connectivity index (χ1n) is 33.1. The van der Waals surface area contributed by atoms with Gasteiger partial charge in [-0.3, -0.25) is 4.79 Å². The summed E-state index contributed by atoms with van der Waals surface area (Å²) in [6.45, 7) is 14.3. The first-order valence-corrected chi connectivity index (χ1v) is 33.1. The summed E-state index contributed by atoms with van der Waals surface area (Å²) < 4.78 is 64.2. The van der Waals surface area contributed by atoms with E-state index in [0.717, 1.165) is 126 Å². The zero-order valence-corrected chi connectivity index (χ0v) is 54.2. The van der Waals surface area contributed by atoms with Crippen LogP contribution in [0.2, 0.25) is 0 Å². The third-order valence-electron chi connectivity index (χ3n) is 16.5. The van der Waals surface area contributed by atoms with Crippen molar-refractivity contribution in [3.63, 3.8) is 0 Å². The molecule has 1 saturated carbocycles. The SMILES string of the molecule is C=CC(=O)OCCCCCCOc1ccc(OCc2ccc(COc3ccc4c5ccc(OC(=O)C6CCC(COc7ccc(OCCCCCCOC(=O)C=C)cc7)CC6)cc5c5nc6cc(Oc7ccc(OCCCCOC(=O)C=C)cc7)ccc6nc5c4c3)cc2)cc1. The molecule has 0 atom stereocenters. The summed E-state index contributed by atoms with van der Waals surface area (Å²) in [6.07, 6.45) is 15.3. The fourth-order valence-electron chi connectivity index (χ4n) is 11.2. The van der Waals surface area contributed by atoms with E-state index in [1.54, 1.807) is 0 Å². The molecule has 17 heteroatoms. The molecule has 1 aliphatic carbocycles. The van der Waals surface area contributed by atoms with Crippen LogP contribution in [0.4, 0.5) is 0 Å². The van der Waals surface area contributed by atoms with Crippen molar-refractivity contribution in [2.75, 3.05) is 46.2 Å². The second-order valence-electron chi connectivity index (χ2n) is 23.5. The standard InChI is InChI=1S/C79H82N2O15/c1-4-74(82)89-46-13-9-7-11-43-86-59-25-29-62(30-26-59)92-52-55-17-19-56(20-18-55)54-94-65-37-40-68-69-41-38-66(96-79(85)58-23-21-57(22-24-58)53-93-63-31-27-60(28-32-63)87-44-12-8-10-14-47-90-75(83)5-2)50-71(69)78-77(70(68)49-65)80-72-42-39-67(51-73(72)81-78)95-64-35-33-61(34-36-64)88-45-15-16-48-91-76(84)6-3/h4-6,17-20,25-42,49-51,57-58H,1-3,7-16,21-24,43-48,52-54H2. The van der Waals surface area contributed by atoms with E-state index in [2.05, 4.69) is 19.7 Å². The zero-order valence-electron chi connectivity index (χ0n) is 54.2. The van der Waals surface area contributed by atoms with E-state index in [-0.39, 0.29) is 17.9 Å². The van der Waals surface area contributed by atoms with Crippen LogP contribution >= 0.6 is 0 Å². The van der Waals surface area contributed by atoms with E-state index in [1.165, 1.54) is 12.2 Å². The summed E-state index contributed by atoms with van der Waals surface area (Å²) >= 11 is 0. The second-order valence-corrected chi connectivity index (χ2v) is 23.5. The highest BCUT2D eigenvalue weighted by Crippen LogP contribution is 2.40. The molecule has 1 fully saturated rings. The van der Waals surface area contributed by atoms with E-state index in [0.29, 0.717) is 142 Å². The van der Waals surface area contributed by atoms with Crippen molar-refractivity contribution in [3.8, 4) is 51.7 Å². The predicted octanol–water partition coefficient (Wildman–Crippen LogP) is 17.1. The topological polar surface area (TPSA) is 196 Å². The van der Waals surface area contributed by atoms with Crippen LogP contribution in [0.15, 0.2) is 190 Å². The number of hydrogen-bond acceptors (Lipinski definition) is 17. The summed E-state index contributed by atoms with van der Waals surface area (Å²) in [4.78, 5) is 58.3. The molecule has 8 aromatic carbocycles. The van der Waals surface area contributed by atoms with E-state index >= 15 is 0 Å². The Morgan fingerprint density at radius 2 is 0.750 bits per heavy atom. The quantitative estimate of drug-likeness (QED) is 0.00673. The molecule has 1 heterocycles. The molecular formula is C79H82N2O15. The average molecular weight is 1300 g/mol. The molecule has 0 radical (unpaired) electrons. The Balaban J connectivity index is 0.766. The van der Waals surface area contributed by atoms with Gasteiger partial charge in [-0.1, -0.05) is 44.0 Å². The fourth-order valence-corrected chi connectivity index (χ4v) is 11.2. The van der Waals surface area contributed by atoms with Crippen molar-refractivity contribution >= 4 is 67.5 Å². The number of rotatable bonds is 38. The van der Waals surface area contributed by atoms with Gasteiger partial charge in [0.05, 0.1) is 74.2 Å². The molecule has 0 aliphatic heterocycles. The Labute approximate surface area is 559 Å². The van der Waals surface area contributed by atoms with Gasteiger partial charge in [0.1, 0.15) is 65.0 Å². The van der Waals surface area contributed by atoms with Gasteiger partial charge < -0.3 is 52.1 Å². The molecule has 0 saturated heterocycles. The molecule has 1 aliphatic rings. The normalized spacial score (nSPS) is 13.5. The largest absolute Gasteiger partial charge is 0.494 e. The average Bonchev–Trinajstić information content (AvgIpc) is 0.738. The number of carbonyl (C=O) groups is 4. The lowest BCUT2D eigenvalue weighted by molar-refractivity contribution is -0.140. The number of carbonyl (C=O) groups excluding carboxylic acids is 4. The van der Waals surface area contributed by atoms with Crippen LogP contribution in [-0.4, -0.2) is 80.1 Å². The van der Waals surface area contributed by atoms with Gasteiger partial charge in [-0.05, 0) is 239 Å². The third-order valence-corrected chi connectivity index (χ3v) is 16.5. The lowest BCUT2D eigenvalue weighted by Crippen LogP contribution is -2.27. The molecule has 0 amide bonds. The summed E-state index contributed by atoms with van der Waals surface area (Å²) in [6, 6.07) is 48.3. The van der Waals surface area contributed by atoms with E-state index in [1.807, 2.05) is 152 Å². The number of nitrogens with zero attached hydrogens (tertiary/aromatic N) is 2. The number of fused-ring (bicyclic) bond motifs is 7. The molecule has 0 spiro atoms. The molecule has 10 rings (SSSR count). The molecule has 1 aromatic heterocycles. The van der Waals surface area contributed by atoms with Crippen molar-refractivity contribution in [3.05, 3.63) is 201 Å². The molecular weight excluding hydrogens is 1220 g/mol. The maximum atomic E-state index is 14.0. The van der Waals surface area contributed by atoms with Crippen LogP contribution in [0.3, 0.4) is 0 Å². The van der Waals surface area contributed by atoms with Crippen LogP contribution < -0.4 is 37.9 Å². The minimum Gasteiger partial charge on any atom is -0.494 e. The van der Waals surface area contributed by atoms with Crippen LogP contribution in [0, 0.1) is 11.8 Å². The van der Waals surface area contributed by atoms with E-state index in [4.69, 9.17) is 62.1 Å². The van der Waals surface area contributed by atoms with Crippen molar-refractivity contribution in [1.82, 2.24) is 9.97 Å². The number of benzene rings is 8. The van der Waals surface area contributed by atoms with Crippen LogP contribution in [-0.2, 0) is 46.6 Å². The van der Waals surface area contributed by atoms with Crippen molar-refractivity contribution in [2.45, 2.75) is 103 Å². The predicted molar refractivity (Wildman–Crippen MR) is 369 cm³/mol. The molecule has 17 nitrogen and oxygen atoms in total. The monoisotopic (exact) mass is 1300 g/mol. The summed E-state index contributed by atoms with van der Waals surface area (Å²) in [5.41, 5.74) is 4.57. The van der Waals surface area contributed by atoms with E-state index < -0.39 is 11.9 Å². The van der Waals surface area contributed by atoms with Gasteiger partial charge in [-0.25, -0.2) is 24.4 Å². The van der Waals surface area contributed by atoms with Crippen molar-refractivity contribution in [1.29, 1.82) is 0 Å². The number of ether oxygens (including phenoxy) is 11. The van der Waals surface area contributed by atoms with Gasteiger partial charge in [0.2, 0.25) is 0 Å². The number of esters is 4. The van der Waals surface area contributed by atoms with E-state index in [9.17, 15) is 19.2 Å². The molecule has 0 bridgehead atoms. The maximum absolute atomic E-state index is 14.0. The maximum Gasteiger partial charge on any atom is 0.330 e.